The third-order valence-electron chi connectivity index (χ3n) is 5.82. The summed E-state index contributed by atoms with van der Waals surface area (Å²) in [5, 5.41) is 7.00. The summed E-state index contributed by atoms with van der Waals surface area (Å²) in [4.78, 5) is 19.1. The third-order valence-corrected chi connectivity index (χ3v) is 6.52. The summed E-state index contributed by atoms with van der Waals surface area (Å²) in [5.74, 6) is 1.24. The van der Waals surface area contributed by atoms with E-state index < -0.39 is 0 Å². The summed E-state index contributed by atoms with van der Waals surface area (Å²) < 4.78 is 1.18. The molecule has 6 heteroatoms. The molecule has 28 heavy (non-hydrogen) atoms. The van der Waals surface area contributed by atoms with Gasteiger partial charge in [0.15, 0.2) is 5.96 Å². The number of carbonyl (C=O) groups is 1. The van der Waals surface area contributed by atoms with Gasteiger partial charge in [0.25, 0.3) is 0 Å². The van der Waals surface area contributed by atoms with E-state index in [-0.39, 0.29) is 17.2 Å². The fraction of sp³-hybridized carbons (Fsp3) is 0.636. The average Bonchev–Trinajstić information content (AvgIpc) is 3.47. The van der Waals surface area contributed by atoms with Gasteiger partial charge in [0.05, 0.1) is 6.54 Å². The molecule has 1 aliphatic carbocycles. The van der Waals surface area contributed by atoms with Crippen molar-refractivity contribution in [2.45, 2.75) is 57.9 Å². The Morgan fingerprint density at radius 1 is 1.29 bits per heavy atom. The number of hydrogen-bond acceptors (Lipinski definition) is 2. The molecule has 3 rings (SSSR count). The SMILES string of the molecule is CCNC(=NCC1(c2ccccc2Br)CC1)NC1CCN(C(=O)C(C)C)CC1. The lowest BCUT2D eigenvalue weighted by Gasteiger charge is -2.34. The van der Waals surface area contributed by atoms with Crippen molar-refractivity contribution in [3.8, 4) is 0 Å². The van der Waals surface area contributed by atoms with Gasteiger partial charge < -0.3 is 15.5 Å². The van der Waals surface area contributed by atoms with Gasteiger partial charge in [-0.05, 0) is 44.2 Å². The number of piperidine rings is 1. The first-order valence-corrected chi connectivity index (χ1v) is 11.3. The molecule has 0 radical (unpaired) electrons. The lowest BCUT2D eigenvalue weighted by molar-refractivity contribution is -0.135. The van der Waals surface area contributed by atoms with E-state index in [2.05, 4.69) is 57.8 Å². The number of amides is 1. The van der Waals surface area contributed by atoms with Crippen molar-refractivity contribution < 1.29 is 4.79 Å². The minimum absolute atomic E-state index is 0.0791. The molecule has 0 aromatic heterocycles. The molecule has 0 spiro atoms. The van der Waals surface area contributed by atoms with Gasteiger partial charge in [0.1, 0.15) is 0 Å². The molecule has 1 aromatic carbocycles. The van der Waals surface area contributed by atoms with Crippen LogP contribution in [0.15, 0.2) is 33.7 Å². The molecule has 2 fully saturated rings. The van der Waals surface area contributed by atoms with Crippen LogP contribution in [-0.2, 0) is 10.2 Å². The predicted octanol–water partition coefficient (Wildman–Crippen LogP) is 3.68. The van der Waals surface area contributed by atoms with Crippen molar-refractivity contribution in [2.24, 2.45) is 10.9 Å². The van der Waals surface area contributed by atoms with Crippen molar-refractivity contribution in [3.63, 3.8) is 0 Å². The maximum absolute atomic E-state index is 12.2. The molecule has 5 nitrogen and oxygen atoms in total. The van der Waals surface area contributed by atoms with Crippen LogP contribution in [0.5, 0.6) is 0 Å². The lowest BCUT2D eigenvalue weighted by Crippen LogP contribution is -2.50. The molecular weight excluding hydrogens is 416 g/mol. The summed E-state index contributed by atoms with van der Waals surface area (Å²) in [6.07, 6.45) is 4.32. The molecule has 0 atom stereocenters. The fourth-order valence-electron chi connectivity index (χ4n) is 3.91. The number of carbonyl (C=O) groups excluding carboxylic acids is 1. The zero-order chi connectivity index (χ0) is 20.1. The highest BCUT2D eigenvalue weighted by Gasteiger charge is 2.45. The summed E-state index contributed by atoms with van der Waals surface area (Å²) in [7, 11) is 0. The number of nitrogens with one attached hydrogen (secondary N) is 2. The smallest absolute Gasteiger partial charge is 0.225 e. The summed E-state index contributed by atoms with van der Waals surface area (Å²) in [6.45, 7) is 9.35. The van der Waals surface area contributed by atoms with Crippen LogP contribution < -0.4 is 10.6 Å². The molecule has 0 unspecified atom stereocenters. The molecule has 1 saturated carbocycles. The van der Waals surface area contributed by atoms with Crippen LogP contribution in [0.3, 0.4) is 0 Å². The number of likely N-dealkylation sites (tertiary alicyclic amines) is 1. The van der Waals surface area contributed by atoms with Crippen molar-refractivity contribution in [3.05, 3.63) is 34.3 Å². The number of rotatable bonds is 6. The van der Waals surface area contributed by atoms with E-state index in [1.54, 1.807) is 0 Å². The maximum atomic E-state index is 12.2. The topological polar surface area (TPSA) is 56.7 Å². The number of halogens is 1. The van der Waals surface area contributed by atoms with Crippen LogP contribution in [0.25, 0.3) is 0 Å². The quantitative estimate of drug-likeness (QED) is 0.515. The second-order valence-electron chi connectivity index (χ2n) is 8.35. The third kappa shape index (κ3) is 5.07. The molecule has 1 heterocycles. The van der Waals surface area contributed by atoms with Crippen molar-refractivity contribution in [2.75, 3.05) is 26.2 Å². The van der Waals surface area contributed by atoms with Crippen LogP contribution in [0.2, 0.25) is 0 Å². The molecular formula is C22H33BrN4O. The molecule has 1 aromatic rings. The van der Waals surface area contributed by atoms with Gasteiger partial charge in [-0.1, -0.05) is 48.0 Å². The Hall–Kier alpha value is -1.56. The first-order chi connectivity index (χ1) is 13.4. The van der Waals surface area contributed by atoms with Crippen LogP contribution in [-0.4, -0.2) is 49.0 Å². The van der Waals surface area contributed by atoms with Gasteiger partial charge in [-0.25, -0.2) is 0 Å². The van der Waals surface area contributed by atoms with Gasteiger partial charge in [0.2, 0.25) is 5.91 Å². The van der Waals surface area contributed by atoms with Crippen LogP contribution >= 0.6 is 15.9 Å². The van der Waals surface area contributed by atoms with Gasteiger partial charge in [-0.15, -0.1) is 0 Å². The first kappa shape index (κ1) is 21.2. The highest BCUT2D eigenvalue weighted by molar-refractivity contribution is 9.10. The Kier molecular flexibility index (Phi) is 7.02. The number of hydrogen-bond donors (Lipinski definition) is 2. The van der Waals surface area contributed by atoms with E-state index in [0.717, 1.165) is 45.0 Å². The van der Waals surface area contributed by atoms with E-state index >= 15 is 0 Å². The van der Waals surface area contributed by atoms with Crippen LogP contribution in [0.1, 0.15) is 52.0 Å². The largest absolute Gasteiger partial charge is 0.357 e. The Balaban J connectivity index is 1.58. The minimum atomic E-state index is 0.0791. The normalized spacial score (nSPS) is 19.6. The highest BCUT2D eigenvalue weighted by atomic mass is 79.9. The molecule has 1 amide bonds. The lowest BCUT2D eigenvalue weighted by atomic mass is 9.96. The molecule has 0 bridgehead atoms. The zero-order valence-electron chi connectivity index (χ0n) is 17.3. The monoisotopic (exact) mass is 448 g/mol. The number of guanidine groups is 1. The predicted molar refractivity (Wildman–Crippen MR) is 119 cm³/mol. The Labute approximate surface area is 177 Å². The number of nitrogens with zero attached hydrogens (tertiary/aromatic N) is 2. The van der Waals surface area contributed by atoms with Crippen molar-refractivity contribution >= 4 is 27.8 Å². The second kappa shape index (κ2) is 9.29. The Bertz CT molecular complexity index is 706. The van der Waals surface area contributed by atoms with E-state index in [9.17, 15) is 4.79 Å². The Morgan fingerprint density at radius 3 is 2.54 bits per heavy atom. The Morgan fingerprint density at radius 2 is 1.96 bits per heavy atom. The van der Waals surface area contributed by atoms with E-state index in [1.807, 2.05) is 18.7 Å². The van der Waals surface area contributed by atoms with Crippen molar-refractivity contribution in [1.82, 2.24) is 15.5 Å². The van der Waals surface area contributed by atoms with Crippen molar-refractivity contribution in [1.29, 1.82) is 0 Å². The molecule has 2 N–H and O–H groups in total. The second-order valence-corrected chi connectivity index (χ2v) is 9.21. The summed E-state index contributed by atoms with van der Waals surface area (Å²) >= 11 is 3.70. The highest BCUT2D eigenvalue weighted by Crippen LogP contribution is 2.50. The average molecular weight is 449 g/mol. The van der Waals surface area contributed by atoms with Crippen LogP contribution in [0.4, 0.5) is 0 Å². The first-order valence-electron chi connectivity index (χ1n) is 10.5. The fourth-order valence-corrected chi connectivity index (χ4v) is 4.61. The van der Waals surface area contributed by atoms with E-state index in [0.29, 0.717) is 6.04 Å². The summed E-state index contributed by atoms with van der Waals surface area (Å²) in [5.41, 5.74) is 1.55. The van der Waals surface area contributed by atoms with Gasteiger partial charge in [-0.3, -0.25) is 9.79 Å². The summed E-state index contributed by atoms with van der Waals surface area (Å²) in [6, 6.07) is 8.88. The molecule has 1 aliphatic heterocycles. The van der Waals surface area contributed by atoms with E-state index in [1.165, 1.54) is 22.9 Å². The molecule has 1 saturated heterocycles. The molecule has 2 aliphatic rings. The van der Waals surface area contributed by atoms with Crippen LogP contribution in [0, 0.1) is 5.92 Å². The van der Waals surface area contributed by atoms with Gasteiger partial charge in [0, 0.05) is 41.5 Å². The zero-order valence-corrected chi connectivity index (χ0v) is 18.9. The number of aliphatic imine (C=N–C) groups is 1. The maximum Gasteiger partial charge on any atom is 0.225 e. The number of benzene rings is 1. The minimum Gasteiger partial charge on any atom is -0.357 e. The molecule has 154 valence electrons. The van der Waals surface area contributed by atoms with Gasteiger partial charge in [-0.2, -0.15) is 0 Å². The van der Waals surface area contributed by atoms with Gasteiger partial charge >= 0.3 is 0 Å². The standard InChI is InChI=1S/C22H33BrN4O/c1-4-24-21(26-17-9-13-27(14-10-17)20(28)16(2)3)25-15-22(11-12-22)18-7-5-6-8-19(18)23/h5-8,16-17H,4,9-15H2,1-3H3,(H2,24,25,26). The van der Waals surface area contributed by atoms with E-state index in [4.69, 9.17) is 4.99 Å².